The number of carbonyl (C=O) groups excluding carboxylic acids is 1. The van der Waals surface area contributed by atoms with E-state index >= 15 is 0 Å². The van der Waals surface area contributed by atoms with Gasteiger partial charge < -0.3 is 14.7 Å². The van der Waals surface area contributed by atoms with Crippen LogP contribution in [0.25, 0.3) is 11.5 Å². The van der Waals surface area contributed by atoms with Gasteiger partial charge in [0.25, 0.3) is 0 Å². The molecule has 1 atom stereocenters. The molecule has 4 rings (SSSR count). The van der Waals surface area contributed by atoms with Crippen molar-refractivity contribution in [1.29, 1.82) is 0 Å². The van der Waals surface area contributed by atoms with Crippen molar-refractivity contribution >= 4 is 30.7 Å². The summed E-state index contributed by atoms with van der Waals surface area (Å²) in [6.45, 7) is 2.56. The molecule has 2 aromatic rings. The molecule has 148 valence electrons. The minimum Gasteiger partial charge on any atom is -0.343 e. The van der Waals surface area contributed by atoms with E-state index in [1.807, 2.05) is 23.1 Å². The lowest BCUT2D eigenvalue weighted by molar-refractivity contribution is -0.132. The van der Waals surface area contributed by atoms with E-state index in [4.69, 9.17) is 4.52 Å². The van der Waals surface area contributed by atoms with Crippen molar-refractivity contribution in [3.63, 3.8) is 0 Å². The molecule has 9 heteroatoms. The average molecular weight is 414 g/mol. The third-order valence-corrected chi connectivity index (χ3v) is 5.12. The number of amides is 1. The molecule has 1 unspecified atom stereocenters. The Morgan fingerprint density at radius 2 is 2.04 bits per heavy atom. The van der Waals surface area contributed by atoms with Gasteiger partial charge in [0.2, 0.25) is 17.6 Å². The SMILES string of the molecule is Cl.Cl.O=C(CC1CCCN1)N1CCC(c2nc(-c3ccccn3)no2)CC1. The number of piperidine rings is 1. The summed E-state index contributed by atoms with van der Waals surface area (Å²) < 4.78 is 5.45. The molecule has 2 aliphatic rings. The fourth-order valence-corrected chi connectivity index (χ4v) is 3.65. The fraction of sp³-hybridized carbons (Fsp3) is 0.556. The number of likely N-dealkylation sites (tertiary alicyclic amines) is 1. The highest BCUT2D eigenvalue weighted by Gasteiger charge is 2.29. The molecule has 7 nitrogen and oxygen atoms in total. The van der Waals surface area contributed by atoms with Crippen LogP contribution in [0.15, 0.2) is 28.9 Å². The van der Waals surface area contributed by atoms with Gasteiger partial charge in [0.1, 0.15) is 5.69 Å². The first-order valence-electron chi connectivity index (χ1n) is 9.06. The van der Waals surface area contributed by atoms with Crippen LogP contribution in [-0.4, -0.2) is 51.6 Å². The maximum atomic E-state index is 12.4. The van der Waals surface area contributed by atoms with Gasteiger partial charge in [-0.1, -0.05) is 11.2 Å². The second-order valence-electron chi connectivity index (χ2n) is 6.82. The van der Waals surface area contributed by atoms with Crippen LogP contribution in [0.1, 0.15) is 43.9 Å². The number of nitrogens with zero attached hydrogens (tertiary/aromatic N) is 4. The van der Waals surface area contributed by atoms with E-state index in [1.54, 1.807) is 6.20 Å². The van der Waals surface area contributed by atoms with Gasteiger partial charge in [-0.2, -0.15) is 4.98 Å². The number of hydrogen-bond acceptors (Lipinski definition) is 6. The molecule has 0 aliphatic carbocycles. The highest BCUT2D eigenvalue weighted by molar-refractivity contribution is 5.85. The summed E-state index contributed by atoms with van der Waals surface area (Å²) in [5.41, 5.74) is 0.717. The lowest BCUT2D eigenvalue weighted by Gasteiger charge is -2.31. The van der Waals surface area contributed by atoms with E-state index in [9.17, 15) is 4.79 Å². The number of hydrogen-bond donors (Lipinski definition) is 1. The third-order valence-electron chi connectivity index (χ3n) is 5.12. The van der Waals surface area contributed by atoms with Gasteiger partial charge in [0.15, 0.2) is 0 Å². The molecular formula is C18H25Cl2N5O2. The molecule has 0 aromatic carbocycles. The van der Waals surface area contributed by atoms with Crippen LogP contribution in [0.5, 0.6) is 0 Å². The maximum Gasteiger partial charge on any atom is 0.230 e. The minimum atomic E-state index is 0. The molecule has 0 bridgehead atoms. The Bertz CT molecular complexity index is 714. The van der Waals surface area contributed by atoms with Crippen LogP contribution in [0, 0.1) is 0 Å². The van der Waals surface area contributed by atoms with Crippen molar-refractivity contribution in [1.82, 2.24) is 25.3 Å². The Morgan fingerprint density at radius 1 is 1.22 bits per heavy atom. The van der Waals surface area contributed by atoms with Crippen LogP contribution < -0.4 is 5.32 Å². The van der Waals surface area contributed by atoms with Gasteiger partial charge in [0, 0.05) is 37.7 Å². The Morgan fingerprint density at radius 3 is 2.70 bits per heavy atom. The Balaban J connectivity index is 0.00000131. The van der Waals surface area contributed by atoms with E-state index < -0.39 is 0 Å². The van der Waals surface area contributed by atoms with Gasteiger partial charge in [0.05, 0.1) is 0 Å². The Hall–Kier alpha value is -1.70. The Labute approximate surface area is 171 Å². The van der Waals surface area contributed by atoms with Crippen LogP contribution in [0.2, 0.25) is 0 Å². The van der Waals surface area contributed by atoms with Crippen molar-refractivity contribution in [2.75, 3.05) is 19.6 Å². The number of rotatable bonds is 4. The number of carbonyl (C=O) groups is 1. The second kappa shape index (κ2) is 10.0. The summed E-state index contributed by atoms with van der Waals surface area (Å²) in [5, 5.41) is 7.44. The normalized spacial score (nSPS) is 20.0. The lowest BCUT2D eigenvalue weighted by Crippen LogP contribution is -2.40. The van der Waals surface area contributed by atoms with E-state index in [1.165, 1.54) is 6.42 Å². The van der Waals surface area contributed by atoms with Gasteiger partial charge in [-0.3, -0.25) is 9.78 Å². The molecule has 2 fully saturated rings. The van der Waals surface area contributed by atoms with Crippen LogP contribution in [-0.2, 0) is 4.79 Å². The molecule has 1 amide bonds. The zero-order valence-corrected chi connectivity index (χ0v) is 16.7. The van der Waals surface area contributed by atoms with Crippen molar-refractivity contribution in [3.8, 4) is 11.5 Å². The third kappa shape index (κ3) is 5.18. The van der Waals surface area contributed by atoms with Crippen molar-refractivity contribution in [2.45, 2.75) is 44.1 Å². The highest BCUT2D eigenvalue weighted by atomic mass is 35.5. The molecule has 2 aliphatic heterocycles. The number of halogens is 2. The number of aromatic nitrogens is 3. The van der Waals surface area contributed by atoms with Gasteiger partial charge in [-0.25, -0.2) is 0 Å². The van der Waals surface area contributed by atoms with Gasteiger partial charge in [-0.15, -0.1) is 24.8 Å². The minimum absolute atomic E-state index is 0. The predicted octanol–water partition coefficient (Wildman–Crippen LogP) is 2.82. The lowest BCUT2D eigenvalue weighted by atomic mass is 9.96. The molecule has 2 aromatic heterocycles. The maximum absolute atomic E-state index is 12.4. The van der Waals surface area contributed by atoms with E-state index in [-0.39, 0.29) is 36.6 Å². The standard InChI is InChI=1S/C18H23N5O2.2ClH/c24-16(12-14-4-3-9-19-14)23-10-6-13(7-11-23)18-21-17(22-25-18)15-5-1-2-8-20-15;;/h1-2,5,8,13-14,19H,3-4,6-7,9-12H2;2*1H. The fourth-order valence-electron chi connectivity index (χ4n) is 3.65. The van der Waals surface area contributed by atoms with Gasteiger partial charge >= 0.3 is 0 Å². The Kier molecular flexibility index (Phi) is 8.01. The van der Waals surface area contributed by atoms with Crippen LogP contribution >= 0.6 is 24.8 Å². The molecule has 1 N–H and O–H groups in total. The smallest absolute Gasteiger partial charge is 0.230 e. The molecule has 2 saturated heterocycles. The summed E-state index contributed by atoms with van der Waals surface area (Å²) in [6.07, 6.45) is 6.36. The predicted molar refractivity (Wildman–Crippen MR) is 106 cm³/mol. The second-order valence-corrected chi connectivity index (χ2v) is 6.82. The van der Waals surface area contributed by atoms with Gasteiger partial charge in [-0.05, 0) is 44.4 Å². The highest BCUT2D eigenvalue weighted by Crippen LogP contribution is 2.28. The average Bonchev–Trinajstić information content (AvgIpc) is 3.34. The molecule has 0 saturated carbocycles. The van der Waals surface area contributed by atoms with E-state index in [0.29, 0.717) is 29.9 Å². The van der Waals surface area contributed by atoms with Crippen molar-refractivity contribution < 1.29 is 9.32 Å². The topological polar surface area (TPSA) is 84.2 Å². The first-order valence-corrected chi connectivity index (χ1v) is 9.06. The molecule has 0 spiro atoms. The molecule has 0 radical (unpaired) electrons. The molecular weight excluding hydrogens is 389 g/mol. The summed E-state index contributed by atoms with van der Waals surface area (Å²) in [4.78, 5) is 23.1. The van der Waals surface area contributed by atoms with E-state index in [2.05, 4.69) is 20.4 Å². The summed E-state index contributed by atoms with van der Waals surface area (Å²) in [7, 11) is 0. The van der Waals surface area contributed by atoms with Crippen LogP contribution in [0.3, 0.4) is 0 Å². The number of nitrogens with one attached hydrogen (secondary N) is 1. The van der Waals surface area contributed by atoms with Crippen molar-refractivity contribution in [3.05, 3.63) is 30.3 Å². The van der Waals surface area contributed by atoms with Crippen molar-refractivity contribution in [2.24, 2.45) is 0 Å². The van der Waals surface area contributed by atoms with E-state index in [0.717, 1.165) is 38.9 Å². The zero-order valence-electron chi connectivity index (χ0n) is 15.0. The monoisotopic (exact) mass is 413 g/mol. The summed E-state index contributed by atoms with van der Waals surface area (Å²) >= 11 is 0. The number of pyridine rings is 1. The molecule has 27 heavy (non-hydrogen) atoms. The largest absolute Gasteiger partial charge is 0.343 e. The molecule has 4 heterocycles. The summed E-state index contributed by atoms with van der Waals surface area (Å²) in [6, 6.07) is 5.99. The first-order chi connectivity index (χ1) is 12.3. The first kappa shape index (κ1) is 21.6. The summed E-state index contributed by atoms with van der Waals surface area (Å²) in [5.74, 6) is 1.67. The zero-order chi connectivity index (χ0) is 17.1. The van der Waals surface area contributed by atoms with Crippen LogP contribution in [0.4, 0.5) is 0 Å². The quantitative estimate of drug-likeness (QED) is 0.829.